The van der Waals surface area contributed by atoms with Crippen molar-refractivity contribution >= 4 is 17.3 Å². The van der Waals surface area contributed by atoms with Crippen LogP contribution in [0.2, 0.25) is 5.15 Å². The van der Waals surface area contributed by atoms with Gasteiger partial charge in [-0.2, -0.15) is 0 Å². The third-order valence-corrected chi connectivity index (χ3v) is 3.89. The Bertz CT molecular complexity index is 368. The summed E-state index contributed by atoms with van der Waals surface area (Å²) in [5, 5.41) is 0.612. The number of aromatic nitrogens is 1. The fraction of sp³-hybridized carbons (Fsp3) is 0.615. The van der Waals surface area contributed by atoms with Gasteiger partial charge in [0.05, 0.1) is 11.9 Å². The van der Waals surface area contributed by atoms with Gasteiger partial charge < -0.3 is 4.90 Å². The van der Waals surface area contributed by atoms with Crippen molar-refractivity contribution in [1.29, 1.82) is 0 Å². The van der Waals surface area contributed by atoms with Crippen LogP contribution in [0.1, 0.15) is 38.7 Å². The largest absolute Gasteiger partial charge is 0.365 e. The molecule has 16 heavy (non-hydrogen) atoms. The van der Waals surface area contributed by atoms with Crippen LogP contribution in [-0.2, 0) is 0 Å². The summed E-state index contributed by atoms with van der Waals surface area (Å²) in [5.41, 5.74) is 2.27. The van der Waals surface area contributed by atoms with Crippen molar-refractivity contribution in [2.75, 3.05) is 4.90 Å². The van der Waals surface area contributed by atoms with E-state index in [1.165, 1.54) is 24.9 Å². The average Bonchev–Trinajstić information content (AvgIpc) is 2.23. The lowest BCUT2D eigenvalue weighted by molar-refractivity contribution is 0.414. The van der Waals surface area contributed by atoms with Gasteiger partial charge in [0.25, 0.3) is 0 Å². The van der Waals surface area contributed by atoms with Crippen LogP contribution in [0.15, 0.2) is 12.3 Å². The van der Waals surface area contributed by atoms with Crippen molar-refractivity contribution in [3.05, 3.63) is 23.0 Å². The maximum absolute atomic E-state index is 5.96. The number of rotatable bonds is 1. The molecule has 0 aromatic carbocycles. The van der Waals surface area contributed by atoms with Crippen LogP contribution in [0.5, 0.6) is 0 Å². The van der Waals surface area contributed by atoms with Gasteiger partial charge in [-0.25, -0.2) is 4.98 Å². The first-order valence-corrected chi connectivity index (χ1v) is 6.38. The number of anilines is 1. The third-order valence-electron chi connectivity index (χ3n) is 3.49. The first-order valence-electron chi connectivity index (χ1n) is 6.00. The molecular weight excluding hydrogens is 220 g/mol. The van der Waals surface area contributed by atoms with E-state index in [9.17, 15) is 0 Å². The van der Waals surface area contributed by atoms with Crippen LogP contribution < -0.4 is 4.90 Å². The summed E-state index contributed by atoms with van der Waals surface area (Å²) in [6, 6.07) is 3.35. The van der Waals surface area contributed by atoms with E-state index in [4.69, 9.17) is 11.6 Å². The smallest absolute Gasteiger partial charge is 0.132 e. The average molecular weight is 239 g/mol. The molecule has 2 unspecified atom stereocenters. The lowest BCUT2D eigenvalue weighted by Gasteiger charge is -2.40. The number of hydrogen-bond acceptors (Lipinski definition) is 2. The Balaban J connectivity index is 2.30. The van der Waals surface area contributed by atoms with Crippen molar-refractivity contribution in [2.45, 2.75) is 52.1 Å². The summed E-state index contributed by atoms with van der Waals surface area (Å²) in [7, 11) is 0. The molecule has 0 saturated carbocycles. The number of halogens is 1. The van der Waals surface area contributed by atoms with E-state index >= 15 is 0 Å². The molecule has 1 fully saturated rings. The molecule has 2 nitrogen and oxygen atoms in total. The monoisotopic (exact) mass is 238 g/mol. The Morgan fingerprint density at radius 3 is 2.50 bits per heavy atom. The van der Waals surface area contributed by atoms with Crippen molar-refractivity contribution in [2.24, 2.45) is 0 Å². The van der Waals surface area contributed by atoms with E-state index < -0.39 is 0 Å². The highest BCUT2D eigenvalue weighted by Crippen LogP contribution is 2.30. The highest BCUT2D eigenvalue weighted by Gasteiger charge is 2.25. The van der Waals surface area contributed by atoms with E-state index in [0.29, 0.717) is 17.2 Å². The van der Waals surface area contributed by atoms with Crippen LogP contribution in [-0.4, -0.2) is 17.1 Å². The molecule has 1 aliphatic heterocycles. The summed E-state index contributed by atoms with van der Waals surface area (Å²) in [6.45, 7) is 6.59. The summed E-state index contributed by atoms with van der Waals surface area (Å²) in [4.78, 5) is 6.72. The second-order valence-corrected chi connectivity index (χ2v) is 5.20. The van der Waals surface area contributed by atoms with E-state index in [-0.39, 0.29) is 0 Å². The second kappa shape index (κ2) is 4.62. The first kappa shape index (κ1) is 11.7. The highest BCUT2D eigenvalue weighted by molar-refractivity contribution is 6.30. The molecule has 0 radical (unpaired) electrons. The molecule has 2 atom stereocenters. The Hall–Kier alpha value is -0.760. The number of hydrogen-bond donors (Lipinski definition) is 0. The SMILES string of the molecule is Cc1cc(N2C(C)CCCC2C)cnc1Cl. The van der Waals surface area contributed by atoms with E-state index in [2.05, 4.69) is 29.8 Å². The zero-order valence-electron chi connectivity index (χ0n) is 10.2. The summed E-state index contributed by atoms with van der Waals surface area (Å²) < 4.78 is 0. The second-order valence-electron chi connectivity index (χ2n) is 4.84. The normalized spacial score (nSPS) is 25.9. The zero-order valence-corrected chi connectivity index (χ0v) is 11.0. The van der Waals surface area contributed by atoms with Crippen LogP contribution >= 0.6 is 11.6 Å². The topological polar surface area (TPSA) is 16.1 Å². The molecule has 1 saturated heterocycles. The Labute approximate surface area is 103 Å². The van der Waals surface area contributed by atoms with Gasteiger partial charge in [0, 0.05) is 12.1 Å². The molecule has 2 heterocycles. The van der Waals surface area contributed by atoms with Gasteiger partial charge in [-0.3, -0.25) is 0 Å². The predicted octanol–water partition coefficient (Wildman–Crippen LogP) is 3.81. The van der Waals surface area contributed by atoms with Crippen molar-refractivity contribution < 1.29 is 0 Å². The number of pyridine rings is 1. The Morgan fingerprint density at radius 2 is 1.94 bits per heavy atom. The molecule has 0 N–H and O–H groups in total. The van der Waals surface area contributed by atoms with E-state index in [0.717, 1.165) is 5.56 Å². The standard InChI is InChI=1S/C13H19ClN2/c1-9-7-12(8-15-13(9)14)16-10(2)5-4-6-11(16)3/h7-8,10-11H,4-6H2,1-3H3. The van der Waals surface area contributed by atoms with Crippen LogP contribution in [0.4, 0.5) is 5.69 Å². The van der Waals surface area contributed by atoms with E-state index in [1.807, 2.05) is 13.1 Å². The molecule has 0 bridgehead atoms. The summed E-state index contributed by atoms with van der Waals surface area (Å²) >= 11 is 5.96. The number of piperidine rings is 1. The fourth-order valence-corrected chi connectivity index (χ4v) is 2.72. The minimum absolute atomic E-state index is 0.603. The van der Waals surface area contributed by atoms with Crippen LogP contribution in [0.25, 0.3) is 0 Å². The lowest BCUT2D eigenvalue weighted by atomic mass is 9.97. The van der Waals surface area contributed by atoms with Crippen LogP contribution in [0.3, 0.4) is 0 Å². The first-order chi connectivity index (χ1) is 7.59. The van der Waals surface area contributed by atoms with E-state index in [1.54, 1.807) is 0 Å². The summed E-state index contributed by atoms with van der Waals surface area (Å²) in [5.74, 6) is 0. The van der Waals surface area contributed by atoms with Gasteiger partial charge in [-0.05, 0) is 51.7 Å². The molecular formula is C13H19ClN2. The number of aryl methyl sites for hydroxylation is 1. The Morgan fingerprint density at radius 1 is 1.31 bits per heavy atom. The van der Waals surface area contributed by atoms with Gasteiger partial charge >= 0.3 is 0 Å². The fourth-order valence-electron chi connectivity index (χ4n) is 2.61. The minimum atomic E-state index is 0.603. The van der Waals surface area contributed by atoms with Crippen molar-refractivity contribution in [3.8, 4) is 0 Å². The highest BCUT2D eigenvalue weighted by atomic mass is 35.5. The van der Waals surface area contributed by atoms with Gasteiger partial charge in [-0.1, -0.05) is 11.6 Å². The lowest BCUT2D eigenvalue weighted by Crippen LogP contribution is -2.43. The molecule has 0 amide bonds. The quantitative estimate of drug-likeness (QED) is 0.692. The molecule has 88 valence electrons. The zero-order chi connectivity index (χ0) is 11.7. The molecule has 1 aliphatic rings. The van der Waals surface area contributed by atoms with Crippen molar-refractivity contribution in [1.82, 2.24) is 4.98 Å². The van der Waals surface area contributed by atoms with Gasteiger partial charge in [-0.15, -0.1) is 0 Å². The maximum Gasteiger partial charge on any atom is 0.132 e. The third kappa shape index (κ3) is 2.17. The maximum atomic E-state index is 5.96. The molecule has 1 aromatic heterocycles. The molecule has 1 aromatic rings. The summed E-state index contributed by atoms with van der Waals surface area (Å²) in [6.07, 6.45) is 5.77. The molecule has 2 rings (SSSR count). The minimum Gasteiger partial charge on any atom is -0.365 e. The van der Waals surface area contributed by atoms with Crippen LogP contribution in [0, 0.1) is 6.92 Å². The molecule has 3 heteroatoms. The molecule has 0 spiro atoms. The van der Waals surface area contributed by atoms with Gasteiger partial charge in [0.1, 0.15) is 5.15 Å². The molecule has 0 aliphatic carbocycles. The Kier molecular flexibility index (Phi) is 3.38. The van der Waals surface area contributed by atoms with Gasteiger partial charge in [0.15, 0.2) is 0 Å². The predicted molar refractivity (Wildman–Crippen MR) is 69.2 cm³/mol. The van der Waals surface area contributed by atoms with Crippen molar-refractivity contribution in [3.63, 3.8) is 0 Å². The van der Waals surface area contributed by atoms with Gasteiger partial charge in [0.2, 0.25) is 0 Å². The number of nitrogens with zero attached hydrogens (tertiary/aromatic N) is 2.